The Balaban J connectivity index is 1.48. The zero-order valence-electron chi connectivity index (χ0n) is 13.4. The molecule has 0 saturated carbocycles. The van der Waals surface area contributed by atoms with Crippen LogP contribution < -0.4 is 15.4 Å². The van der Waals surface area contributed by atoms with Crippen LogP contribution in [-0.2, 0) is 6.42 Å². The fourth-order valence-electron chi connectivity index (χ4n) is 2.87. The van der Waals surface area contributed by atoms with E-state index in [4.69, 9.17) is 4.74 Å². The summed E-state index contributed by atoms with van der Waals surface area (Å²) in [5.41, 5.74) is 2.04. The molecule has 0 radical (unpaired) electrons. The average Bonchev–Trinajstić information content (AvgIpc) is 2.61. The molecule has 1 aliphatic rings. The van der Waals surface area contributed by atoms with Crippen molar-refractivity contribution in [1.82, 2.24) is 10.6 Å². The molecule has 1 aliphatic heterocycles. The van der Waals surface area contributed by atoms with E-state index < -0.39 is 6.10 Å². The van der Waals surface area contributed by atoms with Crippen LogP contribution in [0.4, 0.5) is 4.79 Å². The summed E-state index contributed by atoms with van der Waals surface area (Å²) >= 11 is 0. The second kappa shape index (κ2) is 7.84. The van der Waals surface area contributed by atoms with E-state index in [1.54, 1.807) is 0 Å². The molecule has 2 aromatic rings. The summed E-state index contributed by atoms with van der Waals surface area (Å²) in [4.78, 5) is 12.1. The summed E-state index contributed by atoms with van der Waals surface area (Å²) in [6.07, 6.45) is 0.637. The van der Waals surface area contributed by atoms with Crippen LogP contribution in [0.2, 0.25) is 0 Å². The number of fused-ring (bicyclic) bond motifs is 1. The molecule has 5 heteroatoms. The van der Waals surface area contributed by atoms with Crippen LogP contribution in [0.25, 0.3) is 0 Å². The molecule has 3 N–H and O–H groups in total. The fraction of sp³-hybridized carbons (Fsp3) is 0.316. The van der Waals surface area contributed by atoms with Crippen molar-refractivity contribution < 1.29 is 14.6 Å². The number of urea groups is 1. The van der Waals surface area contributed by atoms with Gasteiger partial charge in [-0.1, -0.05) is 48.5 Å². The average molecular weight is 326 g/mol. The summed E-state index contributed by atoms with van der Waals surface area (Å²) < 4.78 is 5.59. The molecule has 0 bridgehead atoms. The zero-order valence-corrected chi connectivity index (χ0v) is 13.4. The normalized spacial score (nSPS) is 17.3. The molecule has 0 spiro atoms. The van der Waals surface area contributed by atoms with Crippen LogP contribution in [0.15, 0.2) is 54.6 Å². The van der Waals surface area contributed by atoms with E-state index in [-0.39, 0.29) is 18.6 Å². The number of nitrogens with one attached hydrogen (secondary N) is 2. The largest absolute Gasteiger partial charge is 0.493 e. The first kappa shape index (κ1) is 16.3. The topological polar surface area (TPSA) is 70.6 Å². The first-order chi connectivity index (χ1) is 11.7. The molecule has 1 heterocycles. The van der Waals surface area contributed by atoms with Crippen LogP contribution in [0.1, 0.15) is 23.6 Å². The molecular weight excluding hydrogens is 304 g/mol. The predicted octanol–water partition coefficient (Wildman–Crippen LogP) is 2.41. The number of aliphatic hydroxyl groups excluding tert-OH is 1. The molecule has 0 aromatic heterocycles. The number of aliphatic hydroxyl groups is 1. The third-order valence-corrected chi connectivity index (χ3v) is 4.08. The van der Waals surface area contributed by atoms with Gasteiger partial charge in [0.05, 0.1) is 18.8 Å². The highest BCUT2D eigenvalue weighted by Gasteiger charge is 2.22. The Hall–Kier alpha value is -2.53. The molecular formula is C19H22N2O3. The maximum atomic E-state index is 12.1. The van der Waals surface area contributed by atoms with E-state index in [0.717, 1.165) is 23.3 Å². The lowest BCUT2D eigenvalue weighted by Crippen LogP contribution is -2.42. The van der Waals surface area contributed by atoms with Crippen LogP contribution >= 0.6 is 0 Å². The van der Waals surface area contributed by atoms with Gasteiger partial charge in [0.15, 0.2) is 0 Å². The van der Waals surface area contributed by atoms with E-state index in [1.807, 2.05) is 54.6 Å². The number of benzene rings is 2. The Morgan fingerprint density at radius 3 is 2.75 bits per heavy atom. The van der Waals surface area contributed by atoms with Crippen LogP contribution in [0.5, 0.6) is 5.75 Å². The Bertz CT molecular complexity index is 675. The van der Waals surface area contributed by atoms with Crippen LogP contribution in [-0.4, -0.2) is 30.4 Å². The summed E-state index contributed by atoms with van der Waals surface area (Å²) in [5, 5.41) is 15.7. The van der Waals surface area contributed by atoms with Crippen LogP contribution in [0, 0.1) is 0 Å². The minimum atomic E-state index is -0.611. The van der Waals surface area contributed by atoms with E-state index in [2.05, 4.69) is 10.6 Å². The van der Waals surface area contributed by atoms with Gasteiger partial charge in [-0.15, -0.1) is 0 Å². The molecule has 2 aromatic carbocycles. The highest BCUT2D eigenvalue weighted by atomic mass is 16.5. The number of carbonyl (C=O) groups is 1. The first-order valence-electron chi connectivity index (χ1n) is 8.20. The Morgan fingerprint density at radius 2 is 1.92 bits per heavy atom. The molecule has 126 valence electrons. The predicted molar refractivity (Wildman–Crippen MR) is 92.0 cm³/mol. The fourth-order valence-corrected chi connectivity index (χ4v) is 2.87. The van der Waals surface area contributed by atoms with Gasteiger partial charge >= 0.3 is 6.03 Å². The smallest absolute Gasteiger partial charge is 0.315 e. The lowest BCUT2D eigenvalue weighted by atomic mass is 10.0. The molecule has 0 aliphatic carbocycles. The standard InChI is InChI=1S/C19H22N2O3/c22-15(12-14-6-2-1-3-7-14)13-20-19(23)21-17-10-11-24-18-9-5-4-8-16(17)18/h1-9,15,17,22H,10-13H2,(H2,20,21,23). The van der Waals surface area contributed by atoms with Gasteiger partial charge in [-0.05, 0) is 11.6 Å². The van der Waals surface area contributed by atoms with Gasteiger partial charge in [-0.3, -0.25) is 0 Å². The number of para-hydroxylation sites is 1. The number of hydrogen-bond acceptors (Lipinski definition) is 3. The number of hydrogen-bond donors (Lipinski definition) is 3. The van der Waals surface area contributed by atoms with Crippen molar-refractivity contribution >= 4 is 6.03 Å². The highest BCUT2D eigenvalue weighted by Crippen LogP contribution is 2.31. The van der Waals surface area contributed by atoms with Crippen molar-refractivity contribution in [2.45, 2.75) is 25.0 Å². The lowest BCUT2D eigenvalue weighted by molar-refractivity contribution is 0.169. The number of rotatable bonds is 5. The van der Waals surface area contributed by atoms with Crippen molar-refractivity contribution in [2.75, 3.05) is 13.2 Å². The van der Waals surface area contributed by atoms with Crippen molar-refractivity contribution in [3.8, 4) is 5.75 Å². The molecule has 5 nitrogen and oxygen atoms in total. The van der Waals surface area contributed by atoms with Crippen molar-refractivity contribution in [3.05, 3.63) is 65.7 Å². The maximum absolute atomic E-state index is 12.1. The summed E-state index contributed by atoms with van der Waals surface area (Å²) in [6.45, 7) is 0.796. The lowest BCUT2D eigenvalue weighted by Gasteiger charge is -2.26. The third kappa shape index (κ3) is 4.26. The van der Waals surface area contributed by atoms with Gasteiger partial charge in [-0.2, -0.15) is 0 Å². The van der Waals surface area contributed by atoms with Gasteiger partial charge in [0.1, 0.15) is 5.75 Å². The maximum Gasteiger partial charge on any atom is 0.315 e. The van der Waals surface area contributed by atoms with Gasteiger partial charge < -0.3 is 20.5 Å². The van der Waals surface area contributed by atoms with Gasteiger partial charge in [0.25, 0.3) is 0 Å². The second-order valence-corrected chi connectivity index (χ2v) is 5.93. The quantitative estimate of drug-likeness (QED) is 0.790. The van der Waals surface area contributed by atoms with Crippen molar-refractivity contribution in [1.29, 1.82) is 0 Å². The summed E-state index contributed by atoms with van der Waals surface area (Å²) in [7, 11) is 0. The highest BCUT2D eigenvalue weighted by molar-refractivity contribution is 5.74. The Morgan fingerprint density at radius 1 is 1.17 bits per heavy atom. The second-order valence-electron chi connectivity index (χ2n) is 5.93. The molecule has 0 saturated heterocycles. The van der Waals surface area contributed by atoms with Crippen LogP contribution in [0.3, 0.4) is 0 Å². The van der Waals surface area contributed by atoms with E-state index >= 15 is 0 Å². The molecule has 2 atom stereocenters. The van der Waals surface area contributed by atoms with Gasteiger partial charge in [-0.25, -0.2) is 4.79 Å². The minimum Gasteiger partial charge on any atom is -0.493 e. The minimum absolute atomic E-state index is 0.0683. The van der Waals surface area contributed by atoms with Gasteiger partial charge in [0.2, 0.25) is 0 Å². The number of amides is 2. The molecule has 24 heavy (non-hydrogen) atoms. The van der Waals surface area contributed by atoms with Gasteiger partial charge in [0, 0.05) is 24.9 Å². The zero-order chi connectivity index (χ0) is 16.8. The van der Waals surface area contributed by atoms with Crippen molar-refractivity contribution in [2.24, 2.45) is 0 Å². The summed E-state index contributed by atoms with van der Waals surface area (Å²) in [6, 6.07) is 17.1. The van der Waals surface area contributed by atoms with E-state index in [1.165, 1.54) is 0 Å². The molecule has 3 rings (SSSR count). The monoisotopic (exact) mass is 326 g/mol. The Kier molecular flexibility index (Phi) is 5.33. The number of carbonyl (C=O) groups excluding carboxylic acids is 1. The van der Waals surface area contributed by atoms with Crippen molar-refractivity contribution in [3.63, 3.8) is 0 Å². The first-order valence-corrected chi connectivity index (χ1v) is 8.20. The van der Waals surface area contributed by atoms with E-state index in [9.17, 15) is 9.90 Å². The number of ether oxygens (including phenoxy) is 1. The SMILES string of the molecule is O=C(NCC(O)Cc1ccccc1)NC1CCOc2ccccc21. The third-order valence-electron chi connectivity index (χ3n) is 4.08. The molecule has 2 amide bonds. The molecule has 2 unspecified atom stereocenters. The molecule has 0 fully saturated rings. The summed E-state index contributed by atoms with van der Waals surface area (Å²) in [5.74, 6) is 0.818. The Labute approximate surface area is 141 Å². The van der Waals surface area contributed by atoms with E-state index in [0.29, 0.717) is 13.0 Å².